The van der Waals surface area contributed by atoms with Crippen LogP contribution < -0.4 is 18.9 Å². The van der Waals surface area contributed by atoms with Gasteiger partial charge in [0.25, 0.3) is 0 Å². The van der Waals surface area contributed by atoms with E-state index in [0.717, 1.165) is 45.2 Å². The van der Waals surface area contributed by atoms with Crippen LogP contribution in [0.2, 0.25) is 0 Å². The number of rotatable bonds is 9. The Morgan fingerprint density at radius 1 is 0.750 bits per heavy atom. The Balaban J connectivity index is 1.80. The van der Waals surface area contributed by atoms with Gasteiger partial charge in [0.2, 0.25) is 0 Å². The second kappa shape index (κ2) is 9.64. The quantitative estimate of drug-likeness (QED) is 0.346. The molecule has 0 saturated carbocycles. The number of imidazole rings is 1. The molecule has 0 radical (unpaired) electrons. The second-order valence-corrected chi connectivity index (χ2v) is 7.23. The Morgan fingerprint density at radius 2 is 1.41 bits per heavy atom. The summed E-state index contributed by atoms with van der Waals surface area (Å²) < 4.78 is 24.7. The number of ether oxygens (including phenoxy) is 4. The van der Waals surface area contributed by atoms with Crippen LogP contribution >= 0.6 is 0 Å². The Morgan fingerprint density at radius 3 is 2.09 bits per heavy atom. The number of hydrogen-bond acceptors (Lipinski definition) is 5. The first-order valence-corrected chi connectivity index (χ1v) is 10.7. The van der Waals surface area contributed by atoms with Crippen LogP contribution in [-0.2, 0) is 6.54 Å². The van der Waals surface area contributed by atoms with Gasteiger partial charge >= 0.3 is 0 Å². The molecule has 4 aromatic rings. The molecule has 0 saturated heterocycles. The number of para-hydroxylation sites is 2. The lowest BCUT2D eigenvalue weighted by molar-refractivity contribution is 0.310. The topological polar surface area (TPSA) is 54.7 Å². The molecule has 32 heavy (non-hydrogen) atoms. The van der Waals surface area contributed by atoms with Gasteiger partial charge < -0.3 is 23.5 Å². The molecule has 1 heterocycles. The second-order valence-electron chi connectivity index (χ2n) is 7.23. The molecule has 6 heteroatoms. The number of aromatic nitrogens is 2. The average Bonchev–Trinajstić information content (AvgIpc) is 3.19. The van der Waals surface area contributed by atoms with Crippen LogP contribution in [0.1, 0.15) is 19.4 Å². The first-order valence-electron chi connectivity index (χ1n) is 10.7. The van der Waals surface area contributed by atoms with E-state index in [0.29, 0.717) is 25.5 Å². The highest BCUT2D eigenvalue weighted by Gasteiger charge is 2.16. The lowest BCUT2D eigenvalue weighted by Crippen LogP contribution is -2.04. The predicted octanol–water partition coefficient (Wildman–Crippen LogP) is 5.57. The zero-order chi connectivity index (χ0) is 22.5. The largest absolute Gasteiger partial charge is 0.493 e. The minimum atomic E-state index is 0.577. The maximum absolute atomic E-state index is 5.68. The van der Waals surface area contributed by atoms with Crippen molar-refractivity contribution in [2.75, 3.05) is 27.4 Å². The van der Waals surface area contributed by atoms with E-state index in [9.17, 15) is 0 Å². The summed E-state index contributed by atoms with van der Waals surface area (Å²) in [6.07, 6.45) is 0. The minimum absolute atomic E-state index is 0.577. The molecular weight excluding hydrogens is 404 g/mol. The van der Waals surface area contributed by atoms with Crippen LogP contribution in [0.3, 0.4) is 0 Å². The van der Waals surface area contributed by atoms with Crippen molar-refractivity contribution < 1.29 is 18.9 Å². The van der Waals surface area contributed by atoms with Crippen molar-refractivity contribution in [1.82, 2.24) is 9.55 Å². The SMILES string of the molecule is CCOc1ccc(Cn2c(-c3ccc(OCC)c(OC)c3)nc3ccccc32)cc1OC. The van der Waals surface area contributed by atoms with Crippen molar-refractivity contribution in [1.29, 1.82) is 0 Å². The van der Waals surface area contributed by atoms with Gasteiger partial charge in [0.05, 0.1) is 38.5 Å². The van der Waals surface area contributed by atoms with Gasteiger partial charge in [-0.05, 0) is 61.9 Å². The summed E-state index contributed by atoms with van der Waals surface area (Å²) in [6, 6.07) is 20.1. The van der Waals surface area contributed by atoms with Gasteiger partial charge in [-0.25, -0.2) is 4.98 Å². The molecule has 0 bridgehead atoms. The maximum Gasteiger partial charge on any atom is 0.161 e. The maximum atomic E-state index is 5.68. The van der Waals surface area contributed by atoms with Gasteiger partial charge in [0.15, 0.2) is 23.0 Å². The molecule has 6 nitrogen and oxygen atoms in total. The van der Waals surface area contributed by atoms with E-state index in [1.165, 1.54) is 0 Å². The number of nitrogens with zero attached hydrogens (tertiary/aromatic N) is 2. The molecule has 1 aromatic heterocycles. The molecule has 3 aromatic carbocycles. The van der Waals surface area contributed by atoms with Crippen LogP contribution in [0, 0.1) is 0 Å². The number of hydrogen-bond donors (Lipinski definition) is 0. The molecule has 0 spiro atoms. The Hall–Kier alpha value is -3.67. The van der Waals surface area contributed by atoms with Crippen LogP contribution in [-0.4, -0.2) is 37.0 Å². The molecule has 0 N–H and O–H groups in total. The number of fused-ring (bicyclic) bond motifs is 1. The Bertz CT molecular complexity index is 1220. The molecule has 4 rings (SSSR count). The standard InChI is InChI=1S/C26H28N2O4/c1-5-31-22-13-11-18(15-24(22)29-3)17-28-21-10-8-7-9-20(21)27-26(28)19-12-14-23(32-6-2)25(16-19)30-4/h7-16H,5-6,17H2,1-4H3. The van der Waals surface area contributed by atoms with Crippen LogP contribution in [0.4, 0.5) is 0 Å². The first-order chi connectivity index (χ1) is 15.7. The Kier molecular flexibility index (Phi) is 6.50. The highest BCUT2D eigenvalue weighted by molar-refractivity contribution is 5.81. The summed E-state index contributed by atoms with van der Waals surface area (Å²) in [6.45, 7) is 5.72. The van der Waals surface area contributed by atoms with Gasteiger partial charge in [-0.3, -0.25) is 0 Å². The zero-order valence-electron chi connectivity index (χ0n) is 18.9. The zero-order valence-corrected chi connectivity index (χ0v) is 18.9. The summed E-state index contributed by atoms with van der Waals surface area (Å²) in [7, 11) is 3.31. The van der Waals surface area contributed by atoms with Crippen molar-refractivity contribution in [2.24, 2.45) is 0 Å². The third-order valence-electron chi connectivity index (χ3n) is 5.24. The Labute approximate surface area is 188 Å². The summed E-state index contributed by atoms with van der Waals surface area (Å²) in [5.74, 6) is 3.73. The van der Waals surface area contributed by atoms with Crippen LogP contribution in [0.25, 0.3) is 22.4 Å². The molecule has 0 aliphatic carbocycles. The summed E-state index contributed by atoms with van der Waals surface area (Å²) in [5.41, 5.74) is 4.04. The van der Waals surface area contributed by atoms with Gasteiger partial charge in [-0.2, -0.15) is 0 Å². The molecule has 0 aliphatic heterocycles. The molecule has 0 aliphatic rings. The fourth-order valence-corrected chi connectivity index (χ4v) is 3.81. The normalized spacial score (nSPS) is 10.9. The fourth-order valence-electron chi connectivity index (χ4n) is 3.81. The monoisotopic (exact) mass is 432 g/mol. The van der Waals surface area contributed by atoms with E-state index in [-0.39, 0.29) is 0 Å². The smallest absolute Gasteiger partial charge is 0.161 e. The van der Waals surface area contributed by atoms with Gasteiger partial charge in [-0.1, -0.05) is 18.2 Å². The van der Waals surface area contributed by atoms with Gasteiger partial charge in [-0.15, -0.1) is 0 Å². The summed E-state index contributed by atoms with van der Waals surface area (Å²) in [5, 5.41) is 0. The highest BCUT2D eigenvalue weighted by Crippen LogP contribution is 2.35. The lowest BCUT2D eigenvalue weighted by atomic mass is 10.1. The number of benzene rings is 3. The summed E-state index contributed by atoms with van der Waals surface area (Å²) in [4.78, 5) is 4.93. The van der Waals surface area contributed by atoms with Crippen molar-refractivity contribution in [2.45, 2.75) is 20.4 Å². The predicted molar refractivity (Wildman–Crippen MR) is 126 cm³/mol. The van der Waals surface area contributed by atoms with Gasteiger partial charge in [0.1, 0.15) is 5.82 Å². The van der Waals surface area contributed by atoms with Crippen LogP contribution in [0.15, 0.2) is 60.7 Å². The number of methoxy groups -OCH3 is 2. The van der Waals surface area contributed by atoms with Crippen molar-refractivity contribution in [3.05, 3.63) is 66.2 Å². The van der Waals surface area contributed by atoms with E-state index < -0.39 is 0 Å². The van der Waals surface area contributed by atoms with Crippen LogP contribution in [0.5, 0.6) is 23.0 Å². The molecule has 166 valence electrons. The molecule has 0 fully saturated rings. The third kappa shape index (κ3) is 4.21. The van der Waals surface area contributed by atoms with Crippen molar-refractivity contribution >= 4 is 11.0 Å². The summed E-state index contributed by atoms with van der Waals surface area (Å²) >= 11 is 0. The van der Waals surface area contributed by atoms with Crippen molar-refractivity contribution in [3.8, 4) is 34.4 Å². The molecule has 0 atom stereocenters. The van der Waals surface area contributed by atoms with E-state index in [1.54, 1.807) is 14.2 Å². The minimum Gasteiger partial charge on any atom is -0.493 e. The van der Waals surface area contributed by atoms with E-state index >= 15 is 0 Å². The van der Waals surface area contributed by atoms with E-state index in [4.69, 9.17) is 23.9 Å². The highest BCUT2D eigenvalue weighted by atomic mass is 16.5. The van der Waals surface area contributed by atoms with E-state index in [1.807, 2.05) is 62.4 Å². The molecule has 0 amide bonds. The van der Waals surface area contributed by atoms with E-state index in [2.05, 4.69) is 16.7 Å². The lowest BCUT2D eigenvalue weighted by Gasteiger charge is -2.14. The molecular formula is C26H28N2O4. The average molecular weight is 433 g/mol. The third-order valence-corrected chi connectivity index (χ3v) is 5.24. The first kappa shape index (κ1) is 21.6. The van der Waals surface area contributed by atoms with Gasteiger partial charge in [0, 0.05) is 12.1 Å². The fraction of sp³-hybridized carbons (Fsp3) is 0.269. The van der Waals surface area contributed by atoms with Crippen molar-refractivity contribution in [3.63, 3.8) is 0 Å². The molecule has 0 unspecified atom stereocenters.